The molecule has 1 atom stereocenters. The SMILES string of the molecule is O=C(CC(C(=O)OC(F)(F)C(F)(F)C(F)(F)C(F)F)S(=O)(=O)O)OC(F)(F)C(F)(F)C(F)(F)C(F)F. The highest BCUT2D eigenvalue weighted by Gasteiger charge is 2.79. The van der Waals surface area contributed by atoms with Crippen molar-refractivity contribution in [3.63, 3.8) is 0 Å². The van der Waals surface area contributed by atoms with Crippen molar-refractivity contribution in [3.05, 3.63) is 0 Å². The summed E-state index contributed by atoms with van der Waals surface area (Å²) in [5.74, 6) is -35.7. The van der Waals surface area contributed by atoms with E-state index in [9.17, 15) is 88.3 Å². The minimum atomic E-state index is -7.37. The number of carbonyl (C=O) groups is 2. The highest BCUT2D eigenvalue weighted by molar-refractivity contribution is 7.87. The Balaban J connectivity index is 6.03. The molecule has 0 saturated carbocycles. The molecule has 0 spiro atoms. The van der Waals surface area contributed by atoms with Gasteiger partial charge in [0.2, 0.25) is 0 Å². The second-order valence-corrected chi connectivity index (χ2v) is 7.73. The van der Waals surface area contributed by atoms with Gasteiger partial charge >= 0.3 is 60.7 Å². The molecule has 0 fully saturated rings. The molecular formula is C12H6F16O7S. The van der Waals surface area contributed by atoms with Gasteiger partial charge < -0.3 is 9.47 Å². The molecule has 24 heteroatoms. The van der Waals surface area contributed by atoms with Gasteiger partial charge in [0.05, 0.1) is 6.42 Å². The molecular weight excluding hydrogens is 592 g/mol. The summed E-state index contributed by atoms with van der Waals surface area (Å²) in [6.07, 6.45) is -28.3. The van der Waals surface area contributed by atoms with Crippen LogP contribution in [0, 0.1) is 0 Å². The lowest BCUT2D eigenvalue weighted by molar-refractivity contribution is -0.401. The van der Waals surface area contributed by atoms with Crippen molar-refractivity contribution in [1.82, 2.24) is 0 Å². The van der Waals surface area contributed by atoms with E-state index in [1.807, 2.05) is 0 Å². The zero-order valence-electron chi connectivity index (χ0n) is 15.8. The summed E-state index contributed by atoms with van der Waals surface area (Å²) >= 11 is 0. The Kier molecular flexibility index (Phi) is 9.26. The Hall–Kier alpha value is -2.27. The van der Waals surface area contributed by atoms with E-state index in [0.29, 0.717) is 0 Å². The van der Waals surface area contributed by atoms with Crippen LogP contribution in [0.2, 0.25) is 0 Å². The molecule has 0 aromatic heterocycles. The number of hydrogen-bond donors (Lipinski definition) is 1. The van der Waals surface area contributed by atoms with Crippen molar-refractivity contribution >= 4 is 22.1 Å². The number of alkyl halides is 16. The smallest absolute Gasteiger partial charge is 0.396 e. The molecule has 0 aliphatic heterocycles. The Bertz CT molecular complexity index is 932. The fraction of sp³-hybridized carbons (Fsp3) is 0.833. The van der Waals surface area contributed by atoms with E-state index in [4.69, 9.17) is 4.55 Å². The summed E-state index contributed by atoms with van der Waals surface area (Å²) in [5, 5.41) is -4.24. The molecule has 0 aromatic carbocycles. The number of halogens is 16. The third-order valence-electron chi connectivity index (χ3n) is 3.56. The molecule has 7 nitrogen and oxygen atoms in total. The van der Waals surface area contributed by atoms with Gasteiger partial charge in [0.1, 0.15) is 0 Å². The molecule has 0 aromatic rings. The van der Waals surface area contributed by atoms with E-state index in [2.05, 4.69) is 9.47 Å². The van der Waals surface area contributed by atoms with Crippen LogP contribution in [0.5, 0.6) is 0 Å². The van der Waals surface area contributed by atoms with E-state index in [-0.39, 0.29) is 0 Å². The van der Waals surface area contributed by atoms with Crippen LogP contribution in [0.1, 0.15) is 6.42 Å². The van der Waals surface area contributed by atoms with Gasteiger partial charge in [-0.15, -0.1) is 0 Å². The summed E-state index contributed by atoms with van der Waals surface area (Å²) in [5.41, 5.74) is 0. The summed E-state index contributed by atoms with van der Waals surface area (Å²) < 4.78 is 239. The van der Waals surface area contributed by atoms with Gasteiger partial charge in [-0.05, 0) is 0 Å². The predicted octanol–water partition coefficient (Wildman–Crippen LogP) is 3.98. The van der Waals surface area contributed by atoms with Crippen molar-refractivity contribution < 1.29 is 102 Å². The largest absolute Gasteiger partial charge is 0.473 e. The summed E-state index contributed by atoms with van der Waals surface area (Å²) in [6.45, 7) is 0. The number of ether oxygens (including phenoxy) is 2. The van der Waals surface area contributed by atoms with E-state index in [1.54, 1.807) is 0 Å². The minimum Gasteiger partial charge on any atom is -0.396 e. The lowest BCUT2D eigenvalue weighted by Crippen LogP contribution is -2.60. The number of rotatable bonds is 12. The average Bonchev–Trinajstić information content (AvgIpc) is 2.63. The van der Waals surface area contributed by atoms with Crippen molar-refractivity contribution in [3.8, 4) is 0 Å². The van der Waals surface area contributed by atoms with E-state index in [0.717, 1.165) is 0 Å². The molecule has 0 heterocycles. The molecule has 0 aliphatic rings. The van der Waals surface area contributed by atoms with Crippen LogP contribution in [0.15, 0.2) is 0 Å². The van der Waals surface area contributed by atoms with Gasteiger partial charge in [-0.1, -0.05) is 0 Å². The maximum atomic E-state index is 13.3. The number of esters is 2. The van der Waals surface area contributed by atoms with E-state index >= 15 is 0 Å². The molecule has 36 heavy (non-hydrogen) atoms. The Labute approximate surface area is 186 Å². The molecule has 0 amide bonds. The molecule has 1 unspecified atom stereocenters. The lowest BCUT2D eigenvalue weighted by Gasteiger charge is -2.32. The highest BCUT2D eigenvalue weighted by atomic mass is 32.2. The Morgan fingerprint density at radius 1 is 0.667 bits per heavy atom. The number of hydrogen-bond acceptors (Lipinski definition) is 6. The summed E-state index contributed by atoms with van der Waals surface area (Å²) in [6, 6.07) is 0. The van der Waals surface area contributed by atoms with Gasteiger partial charge in [0.15, 0.2) is 5.25 Å². The van der Waals surface area contributed by atoms with Crippen molar-refractivity contribution in [1.29, 1.82) is 0 Å². The first kappa shape index (κ1) is 33.7. The molecule has 0 bridgehead atoms. The fourth-order valence-electron chi connectivity index (χ4n) is 1.63. The zero-order chi connectivity index (χ0) is 29.5. The monoisotopic (exact) mass is 598 g/mol. The summed E-state index contributed by atoms with van der Waals surface area (Å²) in [7, 11) is -6.55. The quantitative estimate of drug-likeness (QED) is 0.206. The second-order valence-electron chi connectivity index (χ2n) is 6.13. The molecule has 0 radical (unpaired) electrons. The van der Waals surface area contributed by atoms with Gasteiger partial charge in [0.25, 0.3) is 10.1 Å². The topological polar surface area (TPSA) is 107 Å². The van der Waals surface area contributed by atoms with Crippen LogP contribution < -0.4 is 0 Å². The Morgan fingerprint density at radius 3 is 1.25 bits per heavy atom. The van der Waals surface area contributed by atoms with Crippen molar-refractivity contribution in [2.45, 2.75) is 60.4 Å². The van der Waals surface area contributed by atoms with Gasteiger partial charge in [-0.3, -0.25) is 14.1 Å². The standard InChI is InChI=1S/C12H6F16O7S/c13-5(14)7(17,18)9(21,22)11(25,26)34-3(29)1-2(36(31,32)33)4(30)35-12(27,28)10(23,24)8(19,20)6(15)16/h2,5-6H,1H2,(H,31,32,33). The average molecular weight is 598 g/mol. The molecule has 1 N–H and O–H groups in total. The van der Waals surface area contributed by atoms with Crippen molar-refractivity contribution in [2.75, 3.05) is 0 Å². The van der Waals surface area contributed by atoms with E-state index < -0.39 is 82.5 Å². The summed E-state index contributed by atoms with van der Waals surface area (Å²) in [4.78, 5) is 22.5. The Morgan fingerprint density at radius 2 is 0.972 bits per heavy atom. The van der Waals surface area contributed by atoms with Crippen LogP contribution in [-0.4, -0.2) is 78.9 Å². The molecule has 0 aliphatic carbocycles. The number of carbonyl (C=O) groups excluding carboxylic acids is 2. The van der Waals surface area contributed by atoms with Crippen LogP contribution in [0.3, 0.4) is 0 Å². The molecule has 214 valence electrons. The molecule has 0 saturated heterocycles. The van der Waals surface area contributed by atoms with Crippen LogP contribution in [0.25, 0.3) is 0 Å². The minimum absolute atomic E-state index is 2.27. The van der Waals surface area contributed by atoms with Gasteiger partial charge in [-0.25, -0.2) is 17.6 Å². The highest BCUT2D eigenvalue weighted by Crippen LogP contribution is 2.50. The van der Waals surface area contributed by atoms with Gasteiger partial charge in [-0.2, -0.15) is 61.1 Å². The second kappa shape index (κ2) is 9.89. The van der Waals surface area contributed by atoms with Crippen LogP contribution in [0.4, 0.5) is 70.2 Å². The zero-order valence-corrected chi connectivity index (χ0v) is 16.6. The fourth-order valence-corrected chi connectivity index (χ4v) is 2.27. The normalized spacial score (nSPS) is 15.8. The van der Waals surface area contributed by atoms with Crippen LogP contribution in [-0.2, 0) is 29.2 Å². The van der Waals surface area contributed by atoms with Crippen LogP contribution >= 0.6 is 0 Å². The maximum Gasteiger partial charge on any atom is 0.473 e. The van der Waals surface area contributed by atoms with E-state index in [1.165, 1.54) is 0 Å². The first-order valence-electron chi connectivity index (χ1n) is 7.74. The first-order valence-corrected chi connectivity index (χ1v) is 9.25. The lowest BCUT2D eigenvalue weighted by atomic mass is 10.1. The third kappa shape index (κ3) is 6.16. The first-order chi connectivity index (χ1) is 15.5. The molecule has 0 rings (SSSR count). The maximum absolute atomic E-state index is 13.3. The third-order valence-corrected chi connectivity index (χ3v) is 4.64. The van der Waals surface area contributed by atoms with Gasteiger partial charge in [0, 0.05) is 0 Å². The van der Waals surface area contributed by atoms with Crippen molar-refractivity contribution in [2.24, 2.45) is 0 Å². The predicted molar refractivity (Wildman–Crippen MR) is 73.8 cm³/mol.